The highest BCUT2D eigenvalue weighted by Crippen LogP contribution is 2.27. The first-order chi connectivity index (χ1) is 8.22. The van der Waals surface area contributed by atoms with Crippen molar-refractivity contribution in [2.75, 3.05) is 19.7 Å². The minimum Gasteiger partial charge on any atom is -0.494 e. The number of piperidine rings is 1. The maximum Gasteiger partial charge on any atom is 0.123 e. The molecule has 17 heavy (non-hydrogen) atoms. The Morgan fingerprint density at radius 1 is 1.35 bits per heavy atom. The largest absolute Gasteiger partial charge is 0.494 e. The smallest absolute Gasteiger partial charge is 0.123 e. The molecule has 0 radical (unpaired) electrons. The summed E-state index contributed by atoms with van der Waals surface area (Å²) >= 11 is 0. The van der Waals surface area contributed by atoms with Crippen LogP contribution in [0.4, 0.5) is 0 Å². The van der Waals surface area contributed by atoms with E-state index < -0.39 is 0 Å². The van der Waals surface area contributed by atoms with E-state index >= 15 is 0 Å². The van der Waals surface area contributed by atoms with Gasteiger partial charge in [0.1, 0.15) is 17.1 Å². The number of ether oxygens (including phenoxy) is 2. The predicted molar refractivity (Wildman–Crippen MR) is 68.7 cm³/mol. The molecule has 1 aliphatic rings. The van der Waals surface area contributed by atoms with Crippen LogP contribution in [-0.2, 0) is 0 Å². The monoisotopic (exact) mass is 235 g/mol. The summed E-state index contributed by atoms with van der Waals surface area (Å²) in [7, 11) is 0. The lowest BCUT2D eigenvalue weighted by Crippen LogP contribution is -2.47. The average Bonchev–Trinajstić information content (AvgIpc) is 2.30. The van der Waals surface area contributed by atoms with Crippen molar-refractivity contribution in [3.05, 3.63) is 24.3 Å². The fourth-order valence-electron chi connectivity index (χ4n) is 2.19. The normalized spacial score (nSPS) is 24.4. The zero-order chi connectivity index (χ0) is 12.1. The minimum atomic E-state index is -0.0942. The Morgan fingerprint density at radius 3 is 2.88 bits per heavy atom. The molecule has 1 fully saturated rings. The summed E-state index contributed by atoms with van der Waals surface area (Å²) in [5, 5.41) is 3.38. The number of rotatable bonds is 4. The van der Waals surface area contributed by atoms with E-state index in [1.165, 1.54) is 6.42 Å². The molecule has 1 saturated heterocycles. The van der Waals surface area contributed by atoms with Crippen LogP contribution < -0.4 is 14.8 Å². The summed E-state index contributed by atoms with van der Waals surface area (Å²) < 4.78 is 11.6. The Labute approximate surface area is 103 Å². The van der Waals surface area contributed by atoms with Crippen LogP contribution in [0, 0.1) is 0 Å². The van der Waals surface area contributed by atoms with Crippen LogP contribution in [0.3, 0.4) is 0 Å². The van der Waals surface area contributed by atoms with Crippen molar-refractivity contribution in [3.63, 3.8) is 0 Å². The van der Waals surface area contributed by atoms with Gasteiger partial charge in [0.05, 0.1) is 6.61 Å². The summed E-state index contributed by atoms with van der Waals surface area (Å²) in [6, 6.07) is 7.88. The molecule has 1 unspecified atom stereocenters. The molecular weight excluding hydrogens is 214 g/mol. The van der Waals surface area contributed by atoms with Gasteiger partial charge in [-0.25, -0.2) is 0 Å². The molecule has 1 heterocycles. The molecule has 1 aromatic carbocycles. The van der Waals surface area contributed by atoms with E-state index in [1.807, 2.05) is 31.2 Å². The second-order valence-electron chi connectivity index (χ2n) is 4.74. The number of benzene rings is 1. The van der Waals surface area contributed by atoms with E-state index in [2.05, 4.69) is 12.2 Å². The molecule has 3 nitrogen and oxygen atoms in total. The minimum absolute atomic E-state index is 0.0942. The topological polar surface area (TPSA) is 30.5 Å². The standard InChI is InChI=1S/C14H21NO2/c1-3-16-12-6-4-7-13(10-12)17-14(2)8-5-9-15-11-14/h4,6-7,10,15H,3,5,8-9,11H2,1-2H3. The molecule has 0 spiro atoms. The van der Waals surface area contributed by atoms with Gasteiger partial charge in [-0.3, -0.25) is 0 Å². The molecule has 0 aliphatic carbocycles. The summed E-state index contributed by atoms with van der Waals surface area (Å²) in [5.74, 6) is 1.76. The van der Waals surface area contributed by atoms with Gasteiger partial charge in [-0.1, -0.05) is 6.07 Å². The van der Waals surface area contributed by atoms with E-state index in [0.717, 1.165) is 31.0 Å². The van der Waals surface area contributed by atoms with E-state index in [9.17, 15) is 0 Å². The van der Waals surface area contributed by atoms with Crippen molar-refractivity contribution in [3.8, 4) is 11.5 Å². The van der Waals surface area contributed by atoms with Crippen molar-refractivity contribution in [1.29, 1.82) is 0 Å². The molecule has 0 bridgehead atoms. The van der Waals surface area contributed by atoms with Gasteiger partial charge in [0.15, 0.2) is 0 Å². The number of nitrogens with one attached hydrogen (secondary N) is 1. The molecule has 0 amide bonds. The van der Waals surface area contributed by atoms with Crippen molar-refractivity contribution >= 4 is 0 Å². The SMILES string of the molecule is CCOc1cccc(OC2(C)CCCNC2)c1. The quantitative estimate of drug-likeness (QED) is 0.870. The first-order valence-corrected chi connectivity index (χ1v) is 6.34. The van der Waals surface area contributed by atoms with Crippen LogP contribution in [0.1, 0.15) is 26.7 Å². The number of hydrogen-bond donors (Lipinski definition) is 1. The molecule has 1 aliphatic heterocycles. The third-order valence-corrected chi connectivity index (χ3v) is 3.04. The van der Waals surface area contributed by atoms with Gasteiger partial charge < -0.3 is 14.8 Å². The fraction of sp³-hybridized carbons (Fsp3) is 0.571. The highest BCUT2D eigenvalue weighted by molar-refractivity contribution is 5.33. The van der Waals surface area contributed by atoms with Gasteiger partial charge in [0, 0.05) is 12.6 Å². The molecule has 2 rings (SSSR count). The van der Waals surface area contributed by atoms with E-state index in [1.54, 1.807) is 0 Å². The predicted octanol–water partition coefficient (Wildman–Crippen LogP) is 2.61. The van der Waals surface area contributed by atoms with Gasteiger partial charge >= 0.3 is 0 Å². The molecule has 0 saturated carbocycles. The van der Waals surface area contributed by atoms with Crippen LogP contribution in [-0.4, -0.2) is 25.3 Å². The fourth-order valence-corrected chi connectivity index (χ4v) is 2.19. The summed E-state index contributed by atoms with van der Waals surface area (Å²) in [6.45, 7) is 6.83. The second-order valence-corrected chi connectivity index (χ2v) is 4.74. The molecule has 1 aromatic rings. The van der Waals surface area contributed by atoms with Crippen molar-refractivity contribution in [1.82, 2.24) is 5.32 Å². The number of hydrogen-bond acceptors (Lipinski definition) is 3. The van der Waals surface area contributed by atoms with Crippen LogP contribution in [0.2, 0.25) is 0 Å². The van der Waals surface area contributed by atoms with Crippen LogP contribution in [0.15, 0.2) is 24.3 Å². The Kier molecular flexibility index (Phi) is 3.89. The molecule has 3 heteroatoms. The molecule has 1 N–H and O–H groups in total. The lowest BCUT2D eigenvalue weighted by Gasteiger charge is -2.34. The molecule has 0 aromatic heterocycles. The Morgan fingerprint density at radius 2 is 2.18 bits per heavy atom. The molecular formula is C14H21NO2. The highest BCUT2D eigenvalue weighted by atomic mass is 16.5. The van der Waals surface area contributed by atoms with Gasteiger partial charge in [0.2, 0.25) is 0 Å². The van der Waals surface area contributed by atoms with Crippen molar-refractivity contribution < 1.29 is 9.47 Å². The maximum absolute atomic E-state index is 6.09. The molecule has 94 valence electrons. The van der Waals surface area contributed by atoms with Crippen molar-refractivity contribution in [2.45, 2.75) is 32.3 Å². The first kappa shape index (κ1) is 12.2. The zero-order valence-electron chi connectivity index (χ0n) is 10.7. The Bertz CT molecular complexity index is 359. The van der Waals surface area contributed by atoms with Gasteiger partial charge in [-0.2, -0.15) is 0 Å². The lowest BCUT2D eigenvalue weighted by molar-refractivity contribution is 0.0612. The molecule has 1 atom stereocenters. The third-order valence-electron chi connectivity index (χ3n) is 3.04. The average molecular weight is 235 g/mol. The van der Waals surface area contributed by atoms with E-state index in [-0.39, 0.29) is 5.60 Å². The van der Waals surface area contributed by atoms with Gasteiger partial charge in [-0.05, 0) is 45.4 Å². The van der Waals surface area contributed by atoms with Crippen LogP contribution in [0.25, 0.3) is 0 Å². The van der Waals surface area contributed by atoms with Crippen molar-refractivity contribution in [2.24, 2.45) is 0 Å². The van der Waals surface area contributed by atoms with Crippen LogP contribution >= 0.6 is 0 Å². The van der Waals surface area contributed by atoms with E-state index in [4.69, 9.17) is 9.47 Å². The summed E-state index contributed by atoms with van der Waals surface area (Å²) in [5.41, 5.74) is -0.0942. The Hall–Kier alpha value is -1.22. The van der Waals surface area contributed by atoms with E-state index in [0.29, 0.717) is 6.61 Å². The Balaban J connectivity index is 2.04. The zero-order valence-corrected chi connectivity index (χ0v) is 10.7. The summed E-state index contributed by atoms with van der Waals surface area (Å²) in [4.78, 5) is 0. The third kappa shape index (κ3) is 3.37. The van der Waals surface area contributed by atoms with Crippen LogP contribution in [0.5, 0.6) is 11.5 Å². The lowest BCUT2D eigenvalue weighted by atomic mass is 9.96. The maximum atomic E-state index is 6.09. The summed E-state index contributed by atoms with van der Waals surface area (Å²) in [6.07, 6.45) is 2.26. The highest BCUT2D eigenvalue weighted by Gasteiger charge is 2.28. The van der Waals surface area contributed by atoms with Gasteiger partial charge in [0.25, 0.3) is 0 Å². The second kappa shape index (κ2) is 5.41. The first-order valence-electron chi connectivity index (χ1n) is 6.34. The van der Waals surface area contributed by atoms with Gasteiger partial charge in [-0.15, -0.1) is 0 Å².